The molecule has 0 bridgehead atoms. The van der Waals surface area contributed by atoms with E-state index in [-0.39, 0.29) is 23.2 Å². The predicted octanol–water partition coefficient (Wildman–Crippen LogP) is 3.72. The lowest BCUT2D eigenvalue weighted by molar-refractivity contribution is 0.0143. The van der Waals surface area contributed by atoms with Crippen LogP contribution < -0.4 is 10.5 Å². The van der Waals surface area contributed by atoms with Crippen LogP contribution in [0.15, 0.2) is 42.5 Å². The van der Waals surface area contributed by atoms with Crippen molar-refractivity contribution in [2.24, 2.45) is 5.73 Å². The van der Waals surface area contributed by atoms with Crippen LogP contribution in [0.3, 0.4) is 0 Å². The molecule has 0 fully saturated rings. The van der Waals surface area contributed by atoms with Crippen LogP contribution in [0.4, 0.5) is 0 Å². The van der Waals surface area contributed by atoms with Crippen LogP contribution in [0.25, 0.3) is 0 Å². The fourth-order valence-corrected chi connectivity index (χ4v) is 2.34. The summed E-state index contributed by atoms with van der Waals surface area (Å²) in [5, 5.41) is 0. The fourth-order valence-electron chi connectivity index (χ4n) is 2.34. The quantitative estimate of drug-likeness (QED) is 0.508. The molecule has 0 aliphatic rings. The standard InChI is InChI=1S/C21H25NO5/c1-14(2)26-11-10-25-13-16-4-7-18(8-5-16)27-20-12-17(15(3)23)6-9-19(20)21(22)24/h4-9,12,14H,10-11,13H2,1-3H3,(H2,22,24). The van der Waals surface area contributed by atoms with E-state index in [1.165, 1.54) is 19.1 Å². The summed E-state index contributed by atoms with van der Waals surface area (Å²) in [7, 11) is 0. The number of benzene rings is 2. The Bertz CT molecular complexity index is 784. The summed E-state index contributed by atoms with van der Waals surface area (Å²) in [5.74, 6) is 0.0497. The predicted molar refractivity (Wildman–Crippen MR) is 102 cm³/mol. The van der Waals surface area contributed by atoms with E-state index in [1.807, 2.05) is 26.0 Å². The number of rotatable bonds is 10. The molecule has 144 valence electrons. The second kappa shape index (κ2) is 9.85. The molecule has 2 rings (SSSR count). The summed E-state index contributed by atoms with van der Waals surface area (Å²) in [4.78, 5) is 23.2. The number of nitrogens with two attached hydrogens (primary N) is 1. The van der Waals surface area contributed by atoms with Crippen molar-refractivity contribution in [1.29, 1.82) is 0 Å². The second-order valence-corrected chi connectivity index (χ2v) is 6.35. The van der Waals surface area contributed by atoms with E-state index in [2.05, 4.69) is 0 Å². The lowest BCUT2D eigenvalue weighted by Gasteiger charge is -2.11. The van der Waals surface area contributed by atoms with Gasteiger partial charge in [0.1, 0.15) is 11.5 Å². The van der Waals surface area contributed by atoms with Crippen LogP contribution in [0.1, 0.15) is 47.1 Å². The van der Waals surface area contributed by atoms with E-state index in [4.69, 9.17) is 19.9 Å². The van der Waals surface area contributed by atoms with E-state index >= 15 is 0 Å². The molecule has 0 heterocycles. The molecule has 27 heavy (non-hydrogen) atoms. The van der Waals surface area contributed by atoms with Crippen molar-refractivity contribution in [3.05, 3.63) is 59.2 Å². The van der Waals surface area contributed by atoms with E-state index < -0.39 is 5.91 Å². The minimum absolute atomic E-state index is 0.121. The van der Waals surface area contributed by atoms with Crippen LogP contribution in [-0.2, 0) is 16.1 Å². The third kappa shape index (κ3) is 6.51. The maximum absolute atomic E-state index is 11.6. The van der Waals surface area contributed by atoms with Crippen LogP contribution in [0, 0.1) is 0 Å². The van der Waals surface area contributed by atoms with Gasteiger partial charge in [-0.3, -0.25) is 9.59 Å². The average Bonchev–Trinajstić information content (AvgIpc) is 2.62. The molecule has 0 saturated heterocycles. The highest BCUT2D eigenvalue weighted by atomic mass is 16.5. The molecule has 0 radical (unpaired) electrons. The van der Waals surface area contributed by atoms with Gasteiger partial charge >= 0.3 is 0 Å². The minimum Gasteiger partial charge on any atom is -0.457 e. The third-order valence-electron chi connectivity index (χ3n) is 3.75. The number of carbonyl (C=O) groups excluding carboxylic acids is 2. The van der Waals surface area contributed by atoms with Crippen molar-refractivity contribution in [3.63, 3.8) is 0 Å². The number of amides is 1. The molecule has 0 saturated carbocycles. The van der Waals surface area contributed by atoms with Crippen LogP contribution in [0.2, 0.25) is 0 Å². The van der Waals surface area contributed by atoms with Crippen LogP contribution in [0.5, 0.6) is 11.5 Å². The third-order valence-corrected chi connectivity index (χ3v) is 3.75. The van der Waals surface area contributed by atoms with Gasteiger partial charge in [0.25, 0.3) is 5.91 Å². The van der Waals surface area contributed by atoms with E-state index in [9.17, 15) is 9.59 Å². The van der Waals surface area contributed by atoms with Gasteiger partial charge in [0.05, 0.1) is 31.5 Å². The van der Waals surface area contributed by atoms with Crippen molar-refractivity contribution >= 4 is 11.7 Å². The molecule has 0 atom stereocenters. The van der Waals surface area contributed by atoms with Crippen molar-refractivity contribution in [3.8, 4) is 11.5 Å². The molecule has 0 aliphatic carbocycles. The maximum atomic E-state index is 11.6. The zero-order chi connectivity index (χ0) is 19.8. The molecule has 0 aromatic heterocycles. The lowest BCUT2D eigenvalue weighted by atomic mass is 10.1. The van der Waals surface area contributed by atoms with Crippen molar-refractivity contribution < 1.29 is 23.8 Å². The Labute approximate surface area is 159 Å². The Morgan fingerprint density at radius 3 is 2.33 bits per heavy atom. The Hall–Kier alpha value is -2.70. The summed E-state index contributed by atoms with van der Waals surface area (Å²) in [6, 6.07) is 11.9. The molecule has 6 nitrogen and oxygen atoms in total. The molecule has 2 aromatic carbocycles. The summed E-state index contributed by atoms with van der Waals surface area (Å²) < 4.78 is 16.7. The number of hydrogen-bond acceptors (Lipinski definition) is 5. The Morgan fingerprint density at radius 2 is 1.74 bits per heavy atom. The monoisotopic (exact) mass is 371 g/mol. The molecular formula is C21H25NO5. The number of carbonyl (C=O) groups is 2. The van der Waals surface area contributed by atoms with Crippen molar-refractivity contribution in [1.82, 2.24) is 0 Å². The highest BCUT2D eigenvalue weighted by molar-refractivity contribution is 5.99. The average molecular weight is 371 g/mol. The first kappa shape index (κ1) is 20.6. The molecule has 0 spiro atoms. The molecule has 0 unspecified atom stereocenters. The van der Waals surface area contributed by atoms with Crippen molar-refractivity contribution in [2.45, 2.75) is 33.5 Å². The Morgan fingerprint density at radius 1 is 1.04 bits per heavy atom. The largest absolute Gasteiger partial charge is 0.457 e. The first-order valence-electron chi connectivity index (χ1n) is 8.77. The first-order chi connectivity index (χ1) is 12.9. The zero-order valence-corrected chi connectivity index (χ0v) is 15.9. The van der Waals surface area contributed by atoms with Gasteiger partial charge in [0.15, 0.2) is 5.78 Å². The molecule has 6 heteroatoms. The molecule has 0 aliphatic heterocycles. The molecule has 1 amide bonds. The molecule has 2 aromatic rings. The van der Waals surface area contributed by atoms with E-state index in [0.717, 1.165) is 5.56 Å². The van der Waals surface area contributed by atoms with Gasteiger partial charge < -0.3 is 19.9 Å². The first-order valence-corrected chi connectivity index (χ1v) is 8.77. The second-order valence-electron chi connectivity index (χ2n) is 6.35. The highest BCUT2D eigenvalue weighted by Gasteiger charge is 2.13. The number of ketones is 1. The number of hydrogen-bond donors (Lipinski definition) is 1. The Balaban J connectivity index is 2.00. The van der Waals surface area contributed by atoms with Gasteiger partial charge in [-0.25, -0.2) is 0 Å². The van der Waals surface area contributed by atoms with Gasteiger partial charge in [-0.15, -0.1) is 0 Å². The summed E-state index contributed by atoms with van der Waals surface area (Å²) in [6.07, 6.45) is 0.192. The molecule has 2 N–H and O–H groups in total. The SMILES string of the molecule is CC(=O)c1ccc(C(N)=O)c(Oc2ccc(COCCOC(C)C)cc2)c1. The normalized spacial score (nSPS) is 10.8. The summed E-state index contributed by atoms with van der Waals surface area (Å²) >= 11 is 0. The lowest BCUT2D eigenvalue weighted by Crippen LogP contribution is -2.12. The zero-order valence-electron chi connectivity index (χ0n) is 15.9. The number of Topliss-reactive ketones (excluding diaryl/α,β-unsaturated/α-hetero) is 1. The smallest absolute Gasteiger partial charge is 0.252 e. The van der Waals surface area contributed by atoms with Crippen molar-refractivity contribution in [2.75, 3.05) is 13.2 Å². The summed E-state index contributed by atoms with van der Waals surface area (Å²) in [5.41, 5.74) is 7.04. The van der Waals surface area contributed by atoms with Crippen LogP contribution >= 0.6 is 0 Å². The van der Waals surface area contributed by atoms with Gasteiger partial charge in [0.2, 0.25) is 0 Å². The number of primary amides is 1. The highest BCUT2D eigenvalue weighted by Crippen LogP contribution is 2.27. The van der Waals surface area contributed by atoms with Gasteiger partial charge in [-0.1, -0.05) is 18.2 Å². The topological polar surface area (TPSA) is 87.9 Å². The maximum Gasteiger partial charge on any atom is 0.252 e. The minimum atomic E-state index is -0.617. The van der Waals surface area contributed by atoms with Crippen LogP contribution in [-0.4, -0.2) is 31.0 Å². The number of ether oxygens (including phenoxy) is 3. The van der Waals surface area contributed by atoms with Gasteiger partial charge in [-0.05, 0) is 50.6 Å². The summed E-state index contributed by atoms with van der Waals surface area (Å²) in [6.45, 7) is 6.96. The molecular weight excluding hydrogens is 346 g/mol. The van der Waals surface area contributed by atoms with Gasteiger partial charge in [-0.2, -0.15) is 0 Å². The van der Waals surface area contributed by atoms with E-state index in [0.29, 0.717) is 31.1 Å². The fraction of sp³-hybridized carbons (Fsp3) is 0.333. The van der Waals surface area contributed by atoms with Gasteiger partial charge in [0, 0.05) is 5.56 Å². The van der Waals surface area contributed by atoms with E-state index in [1.54, 1.807) is 18.2 Å². The Kier molecular flexibility index (Phi) is 7.52.